The summed E-state index contributed by atoms with van der Waals surface area (Å²) < 4.78 is 11.3. The van der Waals surface area contributed by atoms with Gasteiger partial charge in [0, 0.05) is 17.5 Å². The third-order valence-electron chi connectivity index (χ3n) is 3.03. The number of carbonyl (C=O) groups is 1. The Morgan fingerprint density at radius 3 is 2.58 bits per heavy atom. The van der Waals surface area contributed by atoms with Gasteiger partial charge < -0.3 is 9.47 Å². The van der Waals surface area contributed by atoms with Crippen molar-refractivity contribution in [1.29, 1.82) is 0 Å². The number of hydrazone groups is 1. The number of aryl methyl sites for hydroxylation is 1. The molecule has 126 valence electrons. The molecular weight excluding hydrogens is 328 g/mol. The van der Waals surface area contributed by atoms with Gasteiger partial charge in [-0.15, -0.1) is 0 Å². The third kappa shape index (κ3) is 5.93. The third-order valence-corrected chi connectivity index (χ3v) is 3.26. The average Bonchev–Trinajstić information content (AvgIpc) is 2.54. The molecule has 6 heteroatoms. The second-order valence-electron chi connectivity index (χ2n) is 5.12. The fourth-order valence-electron chi connectivity index (χ4n) is 1.89. The normalized spacial score (nSPS) is 10.6. The SMILES string of the molecule is CC(=O)NN=Cc1cc(Cl)ccc1OCCOc1ccc(C)cc1. The van der Waals surface area contributed by atoms with E-state index in [1.807, 2.05) is 31.2 Å². The standard InChI is InChI=1S/C18H19ClN2O3/c1-13-3-6-17(7-4-13)23-9-10-24-18-8-5-16(19)11-15(18)12-20-21-14(2)22/h3-8,11-12H,9-10H2,1-2H3,(H,21,22). The Morgan fingerprint density at radius 2 is 1.88 bits per heavy atom. The molecule has 0 saturated heterocycles. The van der Waals surface area contributed by atoms with Crippen molar-refractivity contribution in [1.82, 2.24) is 5.43 Å². The highest BCUT2D eigenvalue weighted by atomic mass is 35.5. The number of nitrogens with zero attached hydrogens (tertiary/aromatic N) is 1. The van der Waals surface area contributed by atoms with Crippen LogP contribution in [0.4, 0.5) is 0 Å². The minimum absolute atomic E-state index is 0.248. The first kappa shape index (κ1) is 17.8. The zero-order chi connectivity index (χ0) is 17.4. The molecular formula is C18H19ClN2O3. The van der Waals surface area contributed by atoms with Crippen LogP contribution in [0, 0.1) is 6.92 Å². The highest BCUT2D eigenvalue weighted by Crippen LogP contribution is 2.21. The number of carbonyl (C=O) groups excluding carboxylic acids is 1. The molecule has 0 heterocycles. The first-order chi connectivity index (χ1) is 11.5. The number of ether oxygens (including phenoxy) is 2. The summed E-state index contributed by atoms with van der Waals surface area (Å²) in [7, 11) is 0. The number of rotatable bonds is 7. The van der Waals surface area contributed by atoms with E-state index < -0.39 is 0 Å². The van der Waals surface area contributed by atoms with E-state index in [-0.39, 0.29) is 5.91 Å². The van der Waals surface area contributed by atoms with Crippen LogP contribution in [-0.2, 0) is 4.79 Å². The van der Waals surface area contributed by atoms with Crippen LogP contribution in [0.2, 0.25) is 5.02 Å². The largest absolute Gasteiger partial charge is 0.490 e. The first-order valence-electron chi connectivity index (χ1n) is 7.46. The lowest BCUT2D eigenvalue weighted by atomic mass is 10.2. The Labute approximate surface area is 146 Å². The summed E-state index contributed by atoms with van der Waals surface area (Å²) in [5, 5.41) is 4.39. The molecule has 0 aliphatic rings. The molecule has 0 radical (unpaired) electrons. The van der Waals surface area contributed by atoms with Gasteiger partial charge in [-0.3, -0.25) is 4.79 Å². The van der Waals surface area contributed by atoms with Gasteiger partial charge in [-0.2, -0.15) is 5.10 Å². The second kappa shape index (κ2) is 8.93. The van der Waals surface area contributed by atoms with Crippen LogP contribution in [-0.4, -0.2) is 25.3 Å². The second-order valence-corrected chi connectivity index (χ2v) is 5.55. The molecule has 0 fully saturated rings. The lowest BCUT2D eigenvalue weighted by molar-refractivity contribution is -0.118. The molecule has 0 aromatic heterocycles. The van der Waals surface area contributed by atoms with E-state index in [1.165, 1.54) is 18.7 Å². The van der Waals surface area contributed by atoms with Crippen molar-refractivity contribution in [2.75, 3.05) is 13.2 Å². The number of hydrogen-bond donors (Lipinski definition) is 1. The van der Waals surface area contributed by atoms with Gasteiger partial charge in [0.25, 0.3) is 0 Å². The molecule has 0 spiro atoms. The minimum atomic E-state index is -0.248. The van der Waals surface area contributed by atoms with Gasteiger partial charge in [0.2, 0.25) is 5.91 Å². The molecule has 0 unspecified atom stereocenters. The van der Waals surface area contributed by atoms with E-state index in [4.69, 9.17) is 21.1 Å². The highest BCUT2D eigenvalue weighted by molar-refractivity contribution is 6.30. The number of hydrogen-bond acceptors (Lipinski definition) is 4. The van der Waals surface area contributed by atoms with Crippen molar-refractivity contribution in [3.05, 3.63) is 58.6 Å². The maximum absolute atomic E-state index is 10.9. The van der Waals surface area contributed by atoms with E-state index in [0.717, 1.165) is 5.75 Å². The van der Waals surface area contributed by atoms with Gasteiger partial charge in [-0.1, -0.05) is 29.3 Å². The topological polar surface area (TPSA) is 59.9 Å². The molecule has 2 aromatic carbocycles. The fourth-order valence-corrected chi connectivity index (χ4v) is 2.07. The van der Waals surface area contributed by atoms with Crippen molar-refractivity contribution in [2.45, 2.75) is 13.8 Å². The van der Waals surface area contributed by atoms with Gasteiger partial charge in [0.05, 0.1) is 6.21 Å². The summed E-state index contributed by atoms with van der Waals surface area (Å²) in [5.74, 6) is 1.16. The molecule has 5 nitrogen and oxygen atoms in total. The van der Waals surface area contributed by atoms with Crippen molar-refractivity contribution >= 4 is 23.7 Å². The predicted octanol–water partition coefficient (Wildman–Crippen LogP) is 3.58. The van der Waals surface area contributed by atoms with Gasteiger partial charge in [0.15, 0.2) is 0 Å². The van der Waals surface area contributed by atoms with Crippen molar-refractivity contribution in [3.8, 4) is 11.5 Å². The summed E-state index contributed by atoms with van der Waals surface area (Å²) in [5.41, 5.74) is 4.20. The predicted molar refractivity (Wildman–Crippen MR) is 95.0 cm³/mol. The highest BCUT2D eigenvalue weighted by Gasteiger charge is 2.03. The quantitative estimate of drug-likeness (QED) is 0.473. The Bertz CT molecular complexity index is 715. The van der Waals surface area contributed by atoms with Crippen molar-refractivity contribution in [3.63, 3.8) is 0 Å². The van der Waals surface area contributed by atoms with Crippen LogP contribution < -0.4 is 14.9 Å². The number of benzene rings is 2. The summed E-state index contributed by atoms with van der Waals surface area (Å²) in [6.45, 7) is 4.19. The van der Waals surface area contributed by atoms with Gasteiger partial charge in [0.1, 0.15) is 24.7 Å². The zero-order valence-corrected chi connectivity index (χ0v) is 14.3. The van der Waals surface area contributed by atoms with Crippen LogP contribution in [0.25, 0.3) is 0 Å². The molecule has 0 bridgehead atoms. The van der Waals surface area contributed by atoms with Gasteiger partial charge in [-0.05, 0) is 37.3 Å². The summed E-state index contributed by atoms with van der Waals surface area (Å²) in [6.07, 6.45) is 1.49. The van der Waals surface area contributed by atoms with Crippen LogP contribution >= 0.6 is 11.6 Å². The zero-order valence-electron chi connectivity index (χ0n) is 13.6. The molecule has 0 aliphatic heterocycles. The van der Waals surface area contributed by atoms with E-state index in [0.29, 0.717) is 29.5 Å². The molecule has 2 rings (SSSR count). The van der Waals surface area contributed by atoms with Crippen molar-refractivity contribution < 1.29 is 14.3 Å². The lowest BCUT2D eigenvalue weighted by Crippen LogP contribution is -2.13. The van der Waals surface area contributed by atoms with Gasteiger partial charge >= 0.3 is 0 Å². The average molecular weight is 347 g/mol. The number of nitrogens with one attached hydrogen (secondary N) is 1. The monoisotopic (exact) mass is 346 g/mol. The number of amides is 1. The van der Waals surface area contributed by atoms with Crippen LogP contribution in [0.5, 0.6) is 11.5 Å². The summed E-state index contributed by atoms with van der Waals surface area (Å²) in [6, 6.07) is 13.0. The van der Waals surface area contributed by atoms with E-state index in [2.05, 4.69) is 10.5 Å². The van der Waals surface area contributed by atoms with E-state index in [1.54, 1.807) is 18.2 Å². The van der Waals surface area contributed by atoms with Crippen LogP contribution in [0.15, 0.2) is 47.6 Å². The van der Waals surface area contributed by atoms with Gasteiger partial charge in [-0.25, -0.2) is 5.43 Å². The van der Waals surface area contributed by atoms with Crippen molar-refractivity contribution in [2.24, 2.45) is 5.10 Å². The molecule has 0 aliphatic carbocycles. The Hall–Kier alpha value is -2.53. The number of halogens is 1. The smallest absolute Gasteiger partial charge is 0.236 e. The molecule has 1 amide bonds. The Kier molecular flexibility index (Phi) is 6.63. The minimum Gasteiger partial charge on any atom is -0.490 e. The van der Waals surface area contributed by atoms with Crippen LogP contribution in [0.3, 0.4) is 0 Å². The maximum Gasteiger partial charge on any atom is 0.236 e. The van der Waals surface area contributed by atoms with E-state index in [9.17, 15) is 4.79 Å². The lowest BCUT2D eigenvalue weighted by Gasteiger charge is -2.11. The molecule has 0 saturated carbocycles. The Morgan fingerprint density at radius 1 is 1.17 bits per heavy atom. The van der Waals surface area contributed by atoms with E-state index >= 15 is 0 Å². The fraction of sp³-hybridized carbons (Fsp3) is 0.222. The molecule has 0 atom stereocenters. The molecule has 1 N–H and O–H groups in total. The molecule has 2 aromatic rings. The maximum atomic E-state index is 10.9. The van der Waals surface area contributed by atoms with Crippen LogP contribution in [0.1, 0.15) is 18.1 Å². The first-order valence-corrected chi connectivity index (χ1v) is 7.84. The Balaban J connectivity index is 1.90. The summed E-state index contributed by atoms with van der Waals surface area (Å²) in [4.78, 5) is 10.9. The molecule has 24 heavy (non-hydrogen) atoms. The summed E-state index contributed by atoms with van der Waals surface area (Å²) >= 11 is 5.98.